The van der Waals surface area contributed by atoms with Crippen molar-refractivity contribution < 1.29 is 22.7 Å². The number of benzene rings is 2. The van der Waals surface area contributed by atoms with Gasteiger partial charge in [0.2, 0.25) is 11.8 Å². The van der Waals surface area contributed by atoms with Crippen LogP contribution in [0.1, 0.15) is 35.8 Å². The monoisotopic (exact) mass is 426 g/mol. The molecule has 9 heteroatoms. The topological polar surface area (TPSA) is 89.3 Å². The van der Waals surface area contributed by atoms with Gasteiger partial charge in [0.05, 0.1) is 7.11 Å². The molecule has 7 nitrogen and oxygen atoms in total. The number of nitrogens with one attached hydrogen (secondary N) is 2. The predicted molar refractivity (Wildman–Crippen MR) is 108 cm³/mol. The lowest BCUT2D eigenvalue weighted by Crippen LogP contribution is -2.33. The van der Waals surface area contributed by atoms with Crippen molar-refractivity contribution in [1.29, 1.82) is 0 Å². The SMILES string of the molecule is COc1cc(F)c([C@@H]2CNC(=O)[C@H]2Nc2nnc(-c3ccc(C4CC4)cc3)o2)c(F)c1. The summed E-state index contributed by atoms with van der Waals surface area (Å²) in [5, 5.41) is 13.4. The first-order valence-corrected chi connectivity index (χ1v) is 10.0. The summed E-state index contributed by atoms with van der Waals surface area (Å²) in [6.07, 6.45) is 2.43. The number of nitrogens with zero attached hydrogens (tertiary/aromatic N) is 2. The predicted octanol–water partition coefficient (Wildman–Crippen LogP) is 3.59. The fraction of sp³-hybridized carbons (Fsp3) is 0.318. The third kappa shape index (κ3) is 3.71. The number of anilines is 1. The van der Waals surface area contributed by atoms with Crippen LogP contribution in [-0.2, 0) is 4.79 Å². The zero-order valence-corrected chi connectivity index (χ0v) is 16.7. The van der Waals surface area contributed by atoms with Crippen molar-refractivity contribution in [3.63, 3.8) is 0 Å². The molecule has 3 aromatic rings. The summed E-state index contributed by atoms with van der Waals surface area (Å²) in [6, 6.07) is 9.13. The lowest BCUT2D eigenvalue weighted by atomic mass is 9.93. The minimum Gasteiger partial charge on any atom is -0.497 e. The maximum Gasteiger partial charge on any atom is 0.316 e. The highest BCUT2D eigenvalue weighted by molar-refractivity contribution is 5.88. The number of carbonyl (C=O) groups excluding carboxylic acids is 1. The maximum absolute atomic E-state index is 14.6. The minimum atomic E-state index is -0.970. The Labute approximate surface area is 176 Å². The maximum atomic E-state index is 14.6. The molecule has 2 aromatic carbocycles. The van der Waals surface area contributed by atoms with E-state index >= 15 is 0 Å². The summed E-state index contributed by atoms with van der Waals surface area (Å²) in [4.78, 5) is 12.4. The Kier molecular flexibility index (Phi) is 4.80. The highest BCUT2D eigenvalue weighted by atomic mass is 19.1. The van der Waals surface area contributed by atoms with Crippen LogP contribution in [0.15, 0.2) is 40.8 Å². The van der Waals surface area contributed by atoms with Crippen molar-refractivity contribution in [3.8, 4) is 17.2 Å². The van der Waals surface area contributed by atoms with E-state index in [1.807, 2.05) is 24.3 Å². The number of aromatic nitrogens is 2. The Morgan fingerprint density at radius 1 is 1.13 bits per heavy atom. The van der Waals surface area contributed by atoms with Crippen LogP contribution >= 0.6 is 0 Å². The lowest BCUT2D eigenvalue weighted by molar-refractivity contribution is -0.119. The van der Waals surface area contributed by atoms with Crippen LogP contribution in [0, 0.1) is 11.6 Å². The smallest absolute Gasteiger partial charge is 0.316 e. The molecule has 1 amide bonds. The molecule has 31 heavy (non-hydrogen) atoms. The van der Waals surface area contributed by atoms with Crippen molar-refractivity contribution in [2.75, 3.05) is 19.0 Å². The number of rotatable bonds is 6. The van der Waals surface area contributed by atoms with Gasteiger partial charge in [0, 0.05) is 35.7 Å². The van der Waals surface area contributed by atoms with Gasteiger partial charge in [-0.05, 0) is 36.5 Å². The molecule has 0 spiro atoms. The summed E-state index contributed by atoms with van der Waals surface area (Å²) >= 11 is 0. The van der Waals surface area contributed by atoms with Gasteiger partial charge < -0.3 is 19.8 Å². The molecule has 0 bridgehead atoms. The molecule has 2 aliphatic rings. The molecule has 1 aromatic heterocycles. The number of amides is 1. The van der Waals surface area contributed by atoms with E-state index in [0.717, 1.165) is 17.7 Å². The number of hydrogen-bond acceptors (Lipinski definition) is 6. The molecule has 1 aliphatic heterocycles. The molecular weight excluding hydrogens is 406 g/mol. The van der Waals surface area contributed by atoms with Crippen LogP contribution in [0.3, 0.4) is 0 Å². The van der Waals surface area contributed by atoms with Crippen LogP contribution in [0.2, 0.25) is 0 Å². The summed E-state index contributed by atoms with van der Waals surface area (Å²) in [5.74, 6) is -1.78. The number of hydrogen-bond donors (Lipinski definition) is 2. The summed E-state index contributed by atoms with van der Waals surface area (Å²) in [6.45, 7) is 0.0697. The van der Waals surface area contributed by atoms with Crippen LogP contribution in [0.25, 0.3) is 11.5 Å². The lowest BCUT2D eigenvalue weighted by Gasteiger charge is -2.19. The highest BCUT2D eigenvalue weighted by Gasteiger charge is 2.40. The first-order valence-electron chi connectivity index (χ1n) is 10.0. The summed E-state index contributed by atoms with van der Waals surface area (Å²) in [5.41, 5.74) is 1.84. The van der Waals surface area contributed by atoms with Crippen LogP contribution in [0.4, 0.5) is 14.8 Å². The molecule has 1 saturated carbocycles. The van der Waals surface area contributed by atoms with Crippen molar-refractivity contribution in [2.45, 2.75) is 30.7 Å². The van der Waals surface area contributed by atoms with E-state index < -0.39 is 29.5 Å². The minimum absolute atomic E-state index is 0.00245. The molecule has 0 unspecified atom stereocenters. The van der Waals surface area contributed by atoms with E-state index in [9.17, 15) is 13.6 Å². The average Bonchev–Trinajstić information content (AvgIpc) is 3.42. The molecule has 2 fully saturated rings. The molecule has 5 rings (SSSR count). The Hall–Kier alpha value is -3.49. The fourth-order valence-corrected chi connectivity index (χ4v) is 3.93. The van der Waals surface area contributed by atoms with Gasteiger partial charge in [-0.1, -0.05) is 17.2 Å². The molecule has 2 N–H and O–H groups in total. The third-order valence-corrected chi connectivity index (χ3v) is 5.75. The van der Waals surface area contributed by atoms with Crippen LogP contribution in [0.5, 0.6) is 5.75 Å². The van der Waals surface area contributed by atoms with Crippen molar-refractivity contribution >= 4 is 11.9 Å². The third-order valence-electron chi connectivity index (χ3n) is 5.75. The number of carbonyl (C=O) groups is 1. The van der Waals surface area contributed by atoms with Crippen LogP contribution in [-0.4, -0.2) is 35.8 Å². The Balaban J connectivity index is 1.37. The van der Waals surface area contributed by atoms with E-state index in [1.54, 1.807) is 0 Å². The van der Waals surface area contributed by atoms with Gasteiger partial charge in [-0.2, -0.15) is 0 Å². The number of ether oxygens (including phenoxy) is 1. The second-order valence-electron chi connectivity index (χ2n) is 7.79. The standard InChI is InChI=1S/C22H20F2N4O3/c1-30-14-8-16(23)18(17(24)9-14)15-10-25-20(29)19(15)26-22-28-27-21(31-22)13-6-4-12(5-7-13)11-2-3-11/h4-9,11,15,19H,2-3,10H2,1H3,(H,25,29)(H,26,28)/t15-,19-/m0/s1. The molecule has 2 atom stereocenters. The Bertz CT molecular complexity index is 1110. The Morgan fingerprint density at radius 2 is 1.84 bits per heavy atom. The largest absolute Gasteiger partial charge is 0.497 e. The van der Waals surface area contributed by atoms with E-state index in [4.69, 9.17) is 9.15 Å². The molecule has 1 saturated heterocycles. The highest BCUT2D eigenvalue weighted by Crippen LogP contribution is 2.40. The van der Waals surface area contributed by atoms with E-state index in [2.05, 4.69) is 20.8 Å². The first-order chi connectivity index (χ1) is 15.0. The number of methoxy groups -OCH3 is 1. The van der Waals surface area contributed by atoms with Gasteiger partial charge in [0.25, 0.3) is 0 Å². The van der Waals surface area contributed by atoms with Gasteiger partial charge in [0.15, 0.2) is 0 Å². The van der Waals surface area contributed by atoms with E-state index in [0.29, 0.717) is 11.8 Å². The fourth-order valence-electron chi connectivity index (χ4n) is 3.93. The van der Waals surface area contributed by atoms with E-state index in [1.165, 1.54) is 25.5 Å². The average molecular weight is 426 g/mol. The van der Waals surface area contributed by atoms with Crippen LogP contribution < -0.4 is 15.4 Å². The summed E-state index contributed by atoms with van der Waals surface area (Å²) in [7, 11) is 1.32. The van der Waals surface area contributed by atoms with Crippen molar-refractivity contribution in [2.24, 2.45) is 0 Å². The van der Waals surface area contributed by atoms with Gasteiger partial charge in [-0.15, -0.1) is 5.10 Å². The second kappa shape index (κ2) is 7.64. The molecular formula is C22H20F2N4O3. The van der Waals surface area contributed by atoms with Gasteiger partial charge in [-0.3, -0.25) is 4.79 Å². The van der Waals surface area contributed by atoms with E-state index in [-0.39, 0.29) is 23.9 Å². The van der Waals surface area contributed by atoms with Crippen molar-refractivity contribution in [1.82, 2.24) is 15.5 Å². The zero-order valence-electron chi connectivity index (χ0n) is 16.7. The van der Waals surface area contributed by atoms with Gasteiger partial charge in [0.1, 0.15) is 23.4 Å². The Morgan fingerprint density at radius 3 is 2.48 bits per heavy atom. The van der Waals surface area contributed by atoms with Crippen molar-refractivity contribution in [3.05, 3.63) is 59.2 Å². The number of halogens is 2. The first kappa shape index (κ1) is 19.5. The van der Waals surface area contributed by atoms with Gasteiger partial charge >= 0.3 is 6.01 Å². The molecule has 1 aliphatic carbocycles. The molecule has 0 radical (unpaired) electrons. The zero-order chi connectivity index (χ0) is 21.5. The van der Waals surface area contributed by atoms with Gasteiger partial charge in [-0.25, -0.2) is 8.78 Å². The molecule has 2 heterocycles. The second-order valence-corrected chi connectivity index (χ2v) is 7.79. The summed E-state index contributed by atoms with van der Waals surface area (Å²) < 4.78 is 39.7. The molecule has 160 valence electrons. The normalized spacial score (nSPS) is 20.5. The quantitative estimate of drug-likeness (QED) is 0.626.